The summed E-state index contributed by atoms with van der Waals surface area (Å²) in [6.45, 7) is 7.22. The Morgan fingerprint density at radius 3 is 3.13 bits per heavy atom. The zero-order chi connectivity index (χ0) is 11.1. The van der Waals surface area contributed by atoms with E-state index in [4.69, 9.17) is 4.74 Å². The Bertz CT molecular complexity index is 267. The number of ether oxygens (including phenoxy) is 1. The molecule has 4 nitrogen and oxygen atoms in total. The van der Waals surface area contributed by atoms with Gasteiger partial charge in [0, 0.05) is 26.6 Å². The number of hydrogen-bond acceptors (Lipinski definition) is 3. The van der Waals surface area contributed by atoms with Crippen LogP contribution in [0.25, 0.3) is 0 Å². The average Bonchev–Trinajstić information content (AvgIpc) is 2.24. The molecule has 0 radical (unpaired) electrons. The van der Waals surface area contributed by atoms with Crippen molar-refractivity contribution >= 4 is 5.91 Å². The quantitative estimate of drug-likeness (QED) is 0.659. The smallest absolute Gasteiger partial charge is 0.216 e. The van der Waals surface area contributed by atoms with E-state index in [9.17, 15) is 4.79 Å². The minimum atomic E-state index is -0.0101. The molecule has 1 heterocycles. The predicted molar refractivity (Wildman–Crippen MR) is 58.3 cm³/mol. The second kappa shape index (κ2) is 6.44. The van der Waals surface area contributed by atoms with Crippen LogP contribution in [-0.2, 0) is 9.53 Å². The molecule has 0 spiro atoms. The summed E-state index contributed by atoms with van der Waals surface area (Å²) in [6.07, 6.45) is 0.0984. The minimum Gasteiger partial charge on any atom is -0.374 e. The summed E-state index contributed by atoms with van der Waals surface area (Å²) in [5, 5.41) is 2.77. The van der Waals surface area contributed by atoms with Crippen LogP contribution in [0, 0.1) is 11.8 Å². The number of carbonyl (C=O) groups is 1. The number of nitrogens with zero attached hydrogens (tertiary/aromatic N) is 1. The largest absolute Gasteiger partial charge is 0.374 e. The molecule has 1 saturated heterocycles. The monoisotopic (exact) mass is 210 g/mol. The van der Waals surface area contributed by atoms with Crippen molar-refractivity contribution in [1.82, 2.24) is 10.2 Å². The van der Waals surface area contributed by atoms with Crippen LogP contribution >= 0.6 is 0 Å². The molecule has 0 aromatic heterocycles. The van der Waals surface area contributed by atoms with E-state index in [1.54, 1.807) is 0 Å². The summed E-state index contributed by atoms with van der Waals surface area (Å²) in [4.78, 5) is 13.0. The van der Waals surface area contributed by atoms with Gasteiger partial charge in [0.15, 0.2) is 0 Å². The standard InChI is InChI=1S/C11H18N2O2/c1-3-4-5-13-6-7-15-11(9-13)8-12-10(2)14/h11H,5-9H2,1-2H3,(H,12,14)/t11-/m1/s1. The molecule has 0 aromatic rings. The van der Waals surface area contributed by atoms with Gasteiger partial charge in [-0.15, -0.1) is 5.92 Å². The third-order valence-electron chi connectivity index (χ3n) is 2.28. The lowest BCUT2D eigenvalue weighted by Crippen LogP contribution is -2.47. The first kappa shape index (κ1) is 12.0. The van der Waals surface area contributed by atoms with Gasteiger partial charge in [0.1, 0.15) is 0 Å². The molecule has 1 rings (SSSR count). The molecule has 4 heteroatoms. The normalized spacial score (nSPS) is 21.6. The maximum Gasteiger partial charge on any atom is 0.216 e. The van der Waals surface area contributed by atoms with Crippen LogP contribution in [0.4, 0.5) is 0 Å². The number of rotatable bonds is 3. The zero-order valence-corrected chi connectivity index (χ0v) is 9.38. The number of amides is 1. The molecule has 1 aliphatic heterocycles. The molecule has 1 amide bonds. The fourth-order valence-electron chi connectivity index (χ4n) is 1.50. The van der Waals surface area contributed by atoms with Crippen LogP contribution in [-0.4, -0.2) is 49.7 Å². The molecule has 0 bridgehead atoms. The molecule has 0 unspecified atom stereocenters. The maximum absolute atomic E-state index is 10.7. The van der Waals surface area contributed by atoms with Crippen LogP contribution in [0.5, 0.6) is 0 Å². The van der Waals surface area contributed by atoms with Crippen molar-refractivity contribution in [3.63, 3.8) is 0 Å². The predicted octanol–water partition coefficient (Wildman–Crippen LogP) is -0.153. The SMILES string of the molecule is CC#CCN1CCO[C@H](CNC(C)=O)C1. The van der Waals surface area contributed by atoms with E-state index in [0.29, 0.717) is 6.54 Å². The molecule has 0 aromatic carbocycles. The highest BCUT2D eigenvalue weighted by Gasteiger charge is 2.19. The van der Waals surface area contributed by atoms with Crippen LogP contribution < -0.4 is 5.32 Å². The van der Waals surface area contributed by atoms with E-state index >= 15 is 0 Å². The molecule has 15 heavy (non-hydrogen) atoms. The molecule has 0 aliphatic carbocycles. The van der Waals surface area contributed by atoms with Gasteiger partial charge in [-0.25, -0.2) is 0 Å². The Hall–Kier alpha value is -1.05. The Morgan fingerprint density at radius 2 is 2.47 bits per heavy atom. The Balaban J connectivity index is 2.27. The number of hydrogen-bond donors (Lipinski definition) is 1. The molecule has 1 atom stereocenters. The van der Waals surface area contributed by atoms with Crippen LogP contribution in [0.1, 0.15) is 13.8 Å². The average molecular weight is 210 g/mol. The van der Waals surface area contributed by atoms with Gasteiger partial charge >= 0.3 is 0 Å². The van der Waals surface area contributed by atoms with Gasteiger partial charge in [-0.1, -0.05) is 5.92 Å². The summed E-state index contributed by atoms with van der Waals surface area (Å²) < 4.78 is 5.53. The van der Waals surface area contributed by atoms with Crippen LogP contribution in [0.15, 0.2) is 0 Å². The van der Waals surface area contributed by atoms with Crippen LogP contribution in [0.3, 0.4) is 0 Å². The Labute approximate surface area is 91.0 Å². The molecule has 1 fully saturated rings. The van der Waals surface area contributed by atoms with Crippen molar-refractivity contribution in [2.45, 2.75) is 20.0 Å². The van der Waals surface area contributed by atoms with Crippen molar-refractivity contribution in [2.24, 2.45) is 0 Å². The first-order valence-corrected chi connectivity index (χ1v) is 5.20. The summed E-state index contributed by atoms with van der Waals surface area (Å²) in [5.41, 5.74) is 0. The van der Waals surface area contributed by atoms with E-state index in [1.807, 2.05) is 6.92 Å². The number of nitrogens with one attached hydrogen (secondary N) is 1. The lowest BCUT2D eigenvalue weighted by molar-refractivity contribution is -0.120. The minimum absolute atomic E-state index is 0.0101. The van der Waals surface area contributed by atoms with E-state index in [-0.39, 0.29) is 12.0 Å². The van der Waals surface area contributed by atoms with E-state index in [2.05, 4.69) is 22.1 Å². The third kappa shape index (κ3) is 4.82. The lowest BCUT2D eigenvalue weighted by atomic mass is 10.2. The van der Waals surface area contributed by atoms with Gasteiger partial charge in [-0.05, 0) is 6.92 Å². The van der Waals surface area contributed by atoms with Crippen molar-refractivity contribution in [2.75, 3.05) is 32.8 Å². The first-order chi connectivity index (χ1) is 7.22. The number of morpholine rings is 1. The zero-order valence-electron chi connectivity index (χ0n) is 9.38. The van der Waals surface area contributed by atoms with Crippen molar-refractivity contribution < 1.29 is 9.53 Å². The lowest BCUT2D eigenvalue weighted by Gasteiger charge is -2.31. The highest BCUT2D eigenvalue weighted by molar-refractivity contribution is 5.72. The first-order valence-electron chi connectivity index (χ1n) is 5.20. The highest BCUT2D eigenvalue weighted by Crippen LogP contribution is 2.03. The maximum atomic E-state index is 10.7. The topological polar surface area (TPSA) is 41.6 Å². The molecular formula is C11H18N2O2. The van der Waals surface area contributed by atoms with E-state index in [1.165, 1.54) is 6.92 Å². The van der Waals surface area contributed by atoms with Crippen molar-refractivity contribution in [3.05, 3.63) is 0 Å². The third-order valence-corrected chi connectivity index (χ3v) is 2.28. The Kier molecular flexibility index (Phi) is 5.16. The summed E-state index contributed by atoms with van der Waals surface area (Å²) >= 11 is 0. The molecule has 1 N–H and O–H groups in total. The number of carbonyl (C=O) groups excluding carboxylic acids is 1. The molecule has 84 valence electrons. The van der Waals surface area contributed by atoms with Crippen molar-refractivity contribution in [3.8, 4) is 11.8 Å². The van der Waals surface area contributed by atoms with Gasteiger partial charge in [-0.2, -0.15) is 0 Å². The second-order valence-electron chi connectivity index (χ2n) is 3.59. The molecule has 1 aliphatic rings. The highest BCUT2D eigenvalue weighted by atomic mass is 16.5. The van der Waals surface area contributed by atoms with Gasteiger partial charge in [-0.3, -0.25) is 9.69 Å². The fraction of sp³-hybridized carbons (Fsp3) is 0.727. The Morgan fingerprint density at radius 1 is 1.67 bits per heavy atom. The summed E-state index contributed by atoms with van der Waals surface area (Å²) in [5.74, 6) is 5.90. The van der Waals surface area contributed by atoms with E-state index in [0.717, 1.165) is 26.2 Å². The fourth-order valence-corrected chi connectivity index (χ4v) is 1.50. The summed E-state index contributed by atoms with van der Waals surface area (Å²) in [6, 6.07) is 0. The second-order valence-corrected chi connectivity index (χ2v) is 3.59. The molecular weight excluding hydrogens is 192 g/mol. The van der Waals surface area contributed by atoms with E-state index < -0.39 is 0 Å². The van der Waals surface area contributed by atoms with Gasteiger partial charge in [0.25, 0.3) is 0 Å². The van der Waals surface area contributed by atoms with Crippen molar-refractivity contribution in [1.29, 1.82) is 0 Å². The molecule has 0 saturated carbocycles. The van der Waals surface area contributed by atoms with Gasteiger partial charge in [0.05, 0.1) is 19.3 Å². The van der Waals surface area contributed by atoms with Crippen LogP contribution in [0.2, 0.25) is 0 Å². The van der Waals surface area contributed by atoms with Gasteiger partial charge < -0.3 is 10.1 Å². The summed E-state index contributed by atoms with van der Waals surface area (Å²) in [7, 11) is 0. The van der Waals surface area contributed by atoms with Gasteiger partial charge in [0.2, 0.25) is 5.91 Å².